The summed E-state index contributed by atoms with van der Waals surface area (Å²) >= 11 is 3.41. The van der Waals surface area contributed by atoms with E-state index in [1.165, 1.54) is 0 Å². The van der Waals surface area contributed by atoms with E-state index < -0.39 is 0 Å². The molecule has 2 N–H and O–H groups in total. The van der Waals surface area contributed by atoms with Crippen LogP contribution < -0.4 is 5.73 Å². The maximum atomic E-state index is 12.8. The van der Waals surface area contributed by atoms with E-state index in [4.69, 9.17) is 10.5 Å². The highest BCUT2D eigenvalue weighted by molar-refractivity contribution is 9.10. The second-order valence-corrected chi connectivity index (χ2v) is 6.57. The molecule has 1 aliphatic carbocycles. The molecule has 3 rings (SSSR count). The maximum absolute atomic E-state index is 12.8. The Bertz CT molecular complexity index is 511. The van der Waals surface area contributed by atoms with Crippen LogP contribution in [-0.4, -0.2) is 36.6 Å². The number of benzene rings is 1. The van der Waals surface area contributed by atoms with Crippen LogP contribution in [0.1, 0.15) is 29.6 Å². The molecule has 0 spiro atoms. The van der Waals surface area contributed by atoms with Crippen LogP contribution in [0, 0.1) is 5.92 Å². The lowest BCUT2D eigenvalue weighted by molar-refractivity contribution is 0.0707. The molecule has 0 radical (unpaired) electrons. The molecule has 1 aliphatic heterocycles. The topological polar surface area (TPSA) is 55.6 Å². The van der Waals surface area contributed by atoms with Gasteiger partial charge in [0.2, 0.25) is 0 Å². The zero-order valence-electron chi connectivity index (χ0n) is 11.3. The molecular formula is C15H19BrN2O2. The van der Waals surface area contributed by atoms with Crippen LogP contribution in [0.2, 0.25) is 0 Å². The zero-order chi connectivity index (χ0) is 14.1. The lowest BCUT2D eigenvalue weighted by Gasteiger charge is -2.26. The largest absolute Gasteiger partial charge is 0.398 e. The number of hydrogen-bond acceptors (Lipinski definition) is 3. The number of nitrogens with two attached hydrogens (primary N) is 1. The van der Waals surface area contributed by atoms with Crippen LogP contribution in [0.5, 0.6) is 0 Å². The Labute approximate surface area is 127 Å². The average Bonchev–Trinajstić information content (AvgIpc) is 3.15. The van der Waals surface area contributed by atoms with Crippen LogP contribution in [0.25, 0.3) is 0 Å². The Morgan fingerprint density at radius 1 is 1.40 bits per heavy atom. The average molecular weight is 339 g/mol. The molecule has 2 fully saturated rings. The van der Waals surface area contributed by atoms with E-state index in [0.29, 0.717) is 23.2 Å². The third-order valence-corrected chi connectivity index (χ3v) is 4.47. The molecule has 20 heavy (non-hydrogen) atoms. The monoisotopic (exact) mass is 338 g/mol. The Kier molecular flexibility index (Phi) is 3.98. The molecule has 1 aromatic rings. The van der Waals surface area contributed by atoms with Crippen molar-refractivity contribution in [3.63, 3.8) is 0 Å². The first-order valence-corrected chi connectivity index (χ1v) is 7.88. The van der Waals surface area contributed by atoms with Crippen molar-refractivity contribution in [3.05, 3.63) is 28.2 Å². The molecule has 2 aliphatic rings. The van der Waals surface area contributed by atoms with Crippen molar-refractivity contribution in [1.29, 1.82) is 0 Å². The number of ether oxygens (including phenoxy) is 1. The van der Waals surface area contributed by atoms with Gasteiger partial charge in [-0.1, -0.05) is 15.9 Å². The molecule has 0 bridgehead atoms. The number of carbonyl (C=O) groups excluding carboxylic acids is 1. The maximum Gasteiger partial charge on any atom is 0.256 e. The summed E-state index contributed by atoms with van der Waals surface area (Å²) < 4.78 is 6.30. The van der Waals surface area contributed by atoms with Crippen LogP contribution >= 0.6 is 15.9 Å². The minimum Gasteiger partial charge on any atom is -0.398 e. The first-order chi connectivity index (χ1) is 9.65. The zero-order valence-corrected chi connectivity index (χ0v) is 12.9. The molecule has 1 aromatic carbocycles. The molecule has 1 atom stereocenters. The quantitative estimate of drug-likeness (QED) is 0.858. The van der Waals surface area contributed by atoms with Gasteiger partial charge in [-0.25, -0.2) is 0 Å². The summed E-state index contributed by atoms with van der Waals surface area (Å²) in [7, 11) is 0. The number of amides is 1. The lowest BCUT2D eigenvalue weighted by atomic mass is 10.1. The predicted octanol–water partition coefficient (Wildman–Crippen LogP) is 2.67. The summed E-state index contributed by atoms with van der Waals surface area (Å²) in [6, 6.07) is 5.85. The molecule has 1 saturated carbocycles. The first-order valence-electron chi connectivity index (χ1n) is 7.09. The molecule has 0 aromatic heterocycles. The van der Waals surface area contributed by atoms with Crippen LogP contribution in [-0.2, 0) is 4.74 Å². The van der Waals surface area contributed by atoms with Gasteiger partial charge in [-0.2, -0.15) is 0 Å². The highest BCUT2D eigenvalue weighted by Crippen LogP contribution is 2.31. The number of hydrogen-bond donors (Lipinski definition) is 1. The third-order valence-electron chi connectivity index (χ3n) is 3.97. The van der Waals surface area contributed by atoms with Crippen LogP contribution in [0.15, 0.2) is 22.7 Å². The smallest absolute Gasteiger partial charge is 0.256 e. The van der Waals surface area contributed by atoms with Crippen molar-refractivity contribution in [1.82, 2.24) is 4.90 Å². The Hall–Kier alpha value is -1.07. The van der Waals surface area contributed by atoms with E-state index in [1.54, 1.807) is 6.07 Å². The number of rotatable bonds is 4. The van der Waals surface area contributed by atoms with Crippen molar-refractivity contribution in [2.45, 2.75) is 25.3 Å². The normalized spacial score (nSPS) is 21.9. The van der Waals surface area contributed by atoms with Crippen LogP contribution in [0.4, 0.5) is 5.69 Å². The van der Waals surface area contributed by atoms with Gasteiger partial charge in [0.25, 0.3) is 5.91 Å². The highest BCUT2D eigenvalue weighted by Gasteiger charge is 2.35. The second-order valence-electron chi connectivity index (χ2n) is 5.65. The van der Waals surface area contributed by atoms with Gasteiger partial charge in [0.05, 0.1) is 12.2 Å². The molecule has 5 heteroatoms. The number of anilines is 1. The summed E-state index contributed by atoms with van der Waals surface area (Å²) in [5.74, 6) is 0.520. The van der Waals surface area contributed by atoms with Crippen molar-refractivity contribution in [2.75, 3.05) is 25.5 Å². The number of nitrogens with zero attached hydrogens (tertiary/aromatic N) is 1. The van der Waals surface area contributed by atoms with Gasteiger partial charge in [0.1, 0.15) is 0 Å². The van der Waals surface area contributed by atoms with Gasteiger partial charge >= 0.3 is 0 Å². The van der Waals surface area contributed by atoms with E-state index in [-0.39, 0.29) is 5.91 Å². The molecule has 1 heterocycles. The molecule has 108 valence electrons. The van der Waals surface area contributed by atoms with Gasteiger partial charge in [-0.3, -0.25) is 4.79 Å². The fraction of sp³-hybridized carbons (Fsp3) is 0.533. The number of carbonyl (C=O) groups is 1. The fourth-order valence-electron chi connectivity index (χ4n) is 2.66. The van der Waals surface area contributed by atoms with Gasteiger partial charge in [0, 0.05) is 35.3 Å². The fourth-order valence-corrected chi connectivity index (χ4v) is 3.02. The molecule has 4 nitrogen and oxygen atoms in total. The van der Waals surface area contributed by atoms with Crippen LogP contribution in [0.3, 0.4) is 0 Å². The minimum absolute atomic E-state index is 0.0539. The third kappa shape index (κ3) is 2.99. The van der Waals surface area contributed by atoms with Crippen molar-refractivity contribution < 1.29 is 9.53 Å². The first kappa shape index (κ1) is 13.9. The summed E-state index contributed by atoms with van der Waals surface area (Å²) in [5, 5.41) is 0. The Morgan fingerprint density at radius 2 is 2.20 bits per heavy atom. The highest BCUT2D eigenvalue weighted by atomic mass is 79.9. The summed E-state index contributed by atoms with van der Waals surface area (Å²) in [6.45, 7) is 2.37. The van der Waals surface area contributed by atoms with E-state index in [1.807, 2.05) is 17.0 Å². The molecule has 1 amide bonds. The van der Waals surface area contributed by atoms with Crippen molar-refractivity contribution in [2.24, 2.45) is 5.92 Å². The van der Waals surface area contributed by atoms with E-state index >= 15 is 0 Å². The summed E-state index contributed by atoms with van der Waals surface area (Å²) in [6.07, 6.45) is 3.25. The van der Waals surface area contributed by atoms with Crippen molar-refractivity contribution in [3.8, 4) is 0 Å². The number of halogens is 1. The lowest BCUT2D eigenvalue weighted by Crippen LogP contribution is -2.37. The predicted molar refractivity (Wildman–Crippen MR) is 81.5 cm³/mol. The summed E-state index contributed by atoms with van der Waals surface area (Å²) in [5.41, 5.74) is 7.11. The number of nitrogen functional groups attached to an aromatic ring is 1. The second kappa shape index (κ2) is 5.74. The van der Waals surface area contributed by atoms with Gasteiger partial charge in [-0.05, 0) is 37.5 Å². The van der Waals surface area contributed by atoms with Gasteiger partial charge in [0.15, 0.2) is 0 Å². The molecular weight excluding hydrogens is 320 g/mol. The standard InChI is InChI=1S/C15H19BrN2O2/c16-11-1-4-14(17)13(7-11)15(19)18(12-2-3-12)8-10-5-6-20-9-10/h1,4,7,10,12H,2-3,5-6,8-9,17H2. The van der Waals surface area contributed by atoms with Crippen molar-refractivity contribution >= 4 is 27.5 Å². The van der Waals surface area contributed by atoms with E-state index in [9.17, 15) is 4.79 Å². The summed E-state index contributed by atoms with van der Waals surface area (Å²) in [4.78, 5) is 14.8. The molecule has 1 unspecified atom stereocenters. The Balaban J connectivity index is 1.79. The SMILES string of the molecule is Nc1ccc(Br)cc1C(=O)N(CC1CCOC1)C1CC1. The van der Waals surface area contributed by atoms with E-state index in [2.05, 4.69) is 15.9 Å². The Morgan fingerprint density at radius 3 is 2.85 bits per heavy atom. The van der Waals surface area contributed by atoms with Gasteiger partial charge < -0.3 is 15.4 Å². The minimum atomic E-state index is 0.0539. The van der Waals surface area contributed by atoms with E-state index in [0.717, 1.165) is 43.5 Å². The van der Waals surface area contributed by atoms with Gasteiger partial charge in [-0.15, -0.1) is 0 Å². The molecule has 1 saturated heterocycles.